The maximum Gasteiger partial charge on any atom is 0.459 e. The van der Waals surface area contributed by atoms with E-state index in [1.165, 1.54) is 18.2 Å². The Bertz CT molecular complexity index is 1020. The normalized spacial score (nSPS) is 21.4. The average Bonchev–Trinajstić information content (AvgIpc) is 2.98. The SMILES string of the molecule is NC(=O)Oc1c(-c2cccc(F)c2)c(Cl)n2c1C[N+](OC(N)=O)(C1CCOCC1)CC2. The highest BCUT2D eigenvalue weighted by Gasteiger charge is 2.48. The Morgan fingerprint density at radius 2 is 1.97 bits per heavy atom. The first kappa shape index (κ1) is 21.4. The van der Waals surface area contributed by atoms with Crippen LogP contribution >= 0.6 is 11.6 Å². The lowest BCUT2D eigenvalue weighted by Crippen LogP contribution is -2.61. The predicted octanol–water partition coefficient (Wildman–Crippen LogP) is 2.92. The minimum Gasteiger partial charge on any atom is -0.408 e. The topological polar surface area (TPSA) is 119 Å². The Hall–Kier alpha value is -2.82. The zero-order valence-corrected chi connectivity index (χ0v) is 17.4. The van der Waals surface area contributed by atoms with E-state index < -0.39 is 18.0 Å². The summed E-state index contributed by atoms with van der Waals surface area (Å²) in [5.41, 5.74) is 12.0. The largest absolute Gasteiger partial charge is 0.459 e. The van der Waals surface area contributed by atoms with Crippen LogP contribution in [0.3, 0.4) is 0 Å². The first-order valence-electron chi connectivity index (χ1n) is 9.88. The fourth-order valence-corrected chi connectivity index (χ4v) is 4.89. The van der Waals surface area contributed by atoms with E-state index in [2.05, 4.69) is 0 Å². The van der Waals surface area contributed by atoms with Gasteiger partial charge < -0.3 is 25.5 Å². The third-order valence-corrected chi connectivity index (χ3v) is 6.21. The third-order valence-electron chi connectivity index (χ3n) is 5.82. The zero-order valence-electron chi connectivity index (χ0n) is 16.7. The molecule has 4 rings (SSSR count). The van der Waals surface area contributed by atoms with Crippen LogP contribution in [-0.2, 0) is 22.7 Å². The van der Waals surface area contributed by atoms with E-state index in [-0.39, 0.29) is 28.1 Å². The van der Waals surface area contributed by atoms with Gasteiger partial charge in [0.05, 0.1) is 25.3 Å². The molecule has 31 heavy (non-hydrogen) atoms. The number of amides is 2. The maximum absolute atomic E-state index is 13.9. The molecule has 1 fully saturated rings. The van der Waals surface area contributed by atoms with Gasteiger partial charge in [-0.1, -0.05) is 23.7 Å². The van der Waals surface area contributed by atoms with E-state index in [9.17, 15) is 14.0 Å². The molecule has 2 amide bonds. The number of nitrogens with zero attached hydrogens (tertiary/aromatic N) is 2. The molecule has 1 atom stereocenters. The average molecular weight is 454 g/mol. The second kappa shape index (κ2) is 8.37. The van der Waals surface area contributed by atoms with Crippen LogP contribution in [0.15, 0.2) is 24.3 Å². The Labute approximate surface area is 182 Å². The highest BCUT2D eigenvalue weighted by atomic mass is 35.5. The molecular weight excluding hydrogens is 431 g/mol. The molecule has 0 spiro atoms. The first-order valence-corrected chi connectivity index (χ1v) is 10.3. The van der Waals surface area contributed by atoms with Crippen molar-refractivity contribution < 1.29 is 32.9 Å². The van der Waals surface area contributed by atoms with Crippen LogP contribution in [0.2, 0.25) is 5.15 Å². The highest BCUT2D eigenvalue weighted by Crippen LogP contribution is 2.46. The molecule has 2 aliphatic heterocycles. The number of carbonyl (C=O) groups is 2. The first-order chi connectivity index (χ1) is 14.8. The van der Waals surface area contributed by atoms with Gasteiger partial charge in [0, 0.05) is 12.8 Å². The minimum absolute atomic E-state index is 0.0530. The van der Waals surface area contributed by atoms with Crippen molar-refractivity contribution in [1.29, 1.82) is 0 Å². The Morgan fingerprint density at radius 1 is 1.23 bits per heavy atom. The molecule has 9 nitrogen and oxygen atoms in total. The van der Waals surface area contributed by atoms with Crippen molar-refractivity contribution in [2.24, 2.45) is 11.5 Å². The summed E-state index contributed by atoms with van der Waals surface area (Å²) in [5, 5.41) is 0.278. The van der Waals surface area contributed by atoms with Crippen molar-refractivity contribution in [2.75, 3.05) is 19.8 Å². The Balaban J connectivity index is 1.84. The van der Waals surface area contributed by atoms with E-state index in [1.54, 1.807) is 10.6 Å². The number of nitrogens with two attached hydrogens (primary N) is 2. The van der Waals surface area contributed by atoms with Gasteiger partial charge >= 0.3 is 12.2 Å². The molecule has 1 saturated heterocycles. The van der Waals surface area contributed by atoms with E-state index in [1.807, 2.05) is 0 Å². The molecule has 3 heterocycles. The van der Waals surface area contributed by atoms with Gasteiger partial charge in [-0.05, 0) is 17.7 Å². The molecule has 4 N–H and O–H groups in total. The van der Waals surface area contributed by atoms with E-state index in [0.717, 1.165) is 0 Å². The van der Waals surface area contributed by atoms with Crippen LogP contribution in [0, 0.1) is 5.82 Å². The van der Waals surface area contributed by atoms with Gasteiger partial charge in [-0.2, -0.15) is 0 Å². The number of ether oxygens (including phenoxy) is 2. The standard InChI is InChI=1S/C20H22ClFN4O5/c21-18-16(12-2-1-3-13(22)10-12)17(30-19(23)27)15-11-26(31-20(24)28,7-6-25(15)18)14-4-8-29-9-5-14/h1-3,10,14H,4-9,11H2,(H3-,23,24,27,28)/p+1. The second-order valence-electron chi connectivity index (χ2n) is 7.61. The van der Waals surface area contributed by atoms with Gasteiger partial charge in [-0.25, -0.2) is 14.0 Å². The van der Waals surface area contributed by atoms with Crippen LogP contribution in [0.4, 0.5) is 14.0 Å². The molecule has 1 unspecified atom stereocenters. The molecule has 2 aromatic rings. The fourth-order valence-electron chi connectivity index (χ4n) is 4.51. The molecule has 166 valence electrons. The molecule has 0 saturated carbocycles. The summed E-state index contributed by atoms with van der Waals surface area (Å²) in [6.45, 7) is 2.00. The van der Waals surface area contributed by atoms with E-state index in [0.29, 0.717) is 56.0 Å². The molecular formula is C20H23ClFN4O5+. The van der Waals surface area contributed by atoms with Gasteiger partial charge in [-0.3, -0.25) is 4.84 Å². The van der Waals surface area contributed by atoms with Crippen molar-refractivity contribution in [2.45, 2.75) is 32.0 Å². The molecule has 0 bridgehead atoms. The Morgan fingerprint density at radius 3 is 2.61 bits per heavy atom. The lowest BCUT2D eigenvalue weighted by atomic mass is 10.0. The third kappa shape index (κ3) is 4.06. The van der Waals surface area contributed by atoms with Crippen LogP contribution in [0.1, 0.15) is 18.5 Å². The van der Waals surface area contributed by atoms with Gasteiger partial charge in [0.2, 0.25) is 0 Å². The van der Waals surface area contributed by atoms with Gasteiger partial charge in [0.15, 0.2) is 12.3 Å². The fraction of sp³-hybridized carbons (Fsp3) is 0.400. The number of halogens is 2. The summed E-state index contributed by atoms with van der Waals surface area (Å²) in [4.78, 5) is 29.1. The molecule has 11 heteroatoms. The van der Waals surface area contributed by atoms with Crippen LogP contribution in [-0.4, -0.2) is 47.2 Å². The molecule has 0 aliphatic carbocycles. The van der Waals surface area contributed by atoms with Gasteiger partial charge in [-0.15, -0.1) is 4.65 Å². The quantitative estimate of drug-likeness (QED) is 0.690. The van der Waals surface area contributed by atoms with Crippen molar-refractivity contribution in [3.8, 4) is 16.9 Å². The predicted molar refractivity (Wildman–Crippen MR) is 108 cm³/mol. The number of rotatable bonds is 4. The molecule has 2 aliphatic rings. The number of benzene rings is 1. The number of hydrogen-bond donors (Lipinski definition) is 2. The number of hydrogen-bond acceptors (Lipinski definition) is 5. The van der Waals surface area contributed by atoms with Crippen molar-refractivity contribution in [3.63, 3.8) is 0 Å². The molecule has 1 aromatic carbocycles. The minimum atomic E-state index is -1.03. The van der Waals surface area contributed by atoms with Crippen molar-refractivity contribution >= 4 is 23.8 Å². The monoisotopic (exact) mass is 453 g/mol. The second-order valence-corrected chi connectivity index (χ2v) is 7.97. The number of carbonyl (C=O) groups excluding carboxylic acids is 2. The van der Waals surface area contributed by atoms with E-state index in [4.69, 9.17) is 37.4 Å². The van der Waals surface area contributed by atoms with Crippen molar-refractivity contribution in [1.82, 2.24) is 4.57 Å². The number of fused-ring (bicyclic) bond motifs is 1. The van der Waals surface area contributed by atoms with Gasteiger partial charge in [0.25, 0.3) is 0 Å². The highest BCUT2D eigenvalue weighted by molar-refractivity contribution is 6.33. The summed E-state index contributed by atoms with van der Waals surface area (Å²) in [7, 11) is 0. The summed E-state index contributed by atoms with van der Waals surface area (Å²) < 4.78 is 26.4. The van der Waals surface area contributed by atoms with Crippen LogP contribution in [0.5, 0.6) is 5.75 Å². The number of primary amides is 2. The maximum atomic E-state index is 13.9. The van der Waals surface area contributed by atoms with E-state index >= 15 is 0 Å². The van der Waals surface area contributed by atoms with Crippen LogP contribution in [0.25, 0.3) is 11.1 Å². The number of aromatic nitrogens is 1. The number of hydroxylamine groups is 3. The lowest BCUT2D eigenvalue weighted by Gasteiger charge is -2.44. The van der Waals surface area contributed by atoms with Gasteiger partial charge in [0.1, 0.15) is 29.3 Å². The number of quaternary nitrogens is 1. The summed E-state index contributed by atoms with van der Waals surface area (Å²) in [6, 6.07) is 5.73. The lowest BCUT2D eigenvalue weighted by molar-refractivity contribution is -1.12. The summed E-state index contributed by atoms with van der Waals surface area (Å²) in [5.74, 6) is -0.349. The summed E-state index contributed by atoms with van der Waals surface area (Å²) in [6.07, 6.45) is -0.594. The molecule has 0 radical (unpaired) electrons. The van der Waals surface area contributed by atoms with Crippen LogP contribution < -0.4 is 16.2 Å². The molecule has 1 aromatic heterocycles. The smallest absolute Gasteiger partial charge is 0.408 e. The summed E-state index contributed by atoms with van der Waals surface area (Å²) >= 11 is 6.65. The van der Waals surface area contributed by atoms with Crippen molar-refractivity contribution in [3.05, 3.63) is 40.9 Å². The Kier molecular flexibility index (Phi) is 5.78. The zero-order chi connectivity index (χ0) is 22.2.